The van der Waals surface area contributed by atoms with Gasteiger partial charge in [-0.2, -0.15) is 0 Å². The maximum Gasteiger partial charge on any atom is 0.168 e. The summed E-state index contributed by atoms with van der Waals surface area (Å²) in [7, 11) is 0. The topological polar surface area (TPSA) is 72.0 Å². The summed E-state index contributed by atoms with van der Waals surface area (Å²) < 4.78 is 5.32. The van der Waals surface area contributed by atoms with Gasteiger partial charge in [0.25, 0.3) is 0 Å². The molecule has 20 heavy (non-hydrogen) atoms. The first-order valence-electron chi connectivity index (χ1n) is 6.85. The van der Waals surface area contributed by atoms with Crippen LogP contribution in [0.4, 0.5) is 0 Å². The standard InChI is InChI=1S/C15H19NO4/c1-3-11(16-20-4-2)15-12(17)8-10(9-13(15)18)14-6-5-7-19-14/h5-7,10,17H,3-4,8-9H2,1-2H3/b16-11+. The van der Waals surface area contributed by atoms with Crippen LogP contribution >= 0.6 is 0 Å². The van der Waals surface area contributed by atoms with E-state index in [4.69, 9.17) is 9.25 Å². The minimum absolute atomic E-state index is 0.0722. The summed E-state index contributed by atoms with van der Waals surface area (Å²) in [6.07, 6.45) is 2.82. The third kappa shape index (κ3) is 2.92. The number of hydrogen-bond donors (Lipinski definition) is 1. The van der Waals surface area contributed by atoms with Gasteiger partial charge < -0.3 is 14.4 Å². The largest absolute Gasteiger partial charge is 0.511 e. The Labute approximate surface area is 117 Å². The third-order valence-corrected chi connectivity index (χ3v) is 3.31. The molecule has 1 N–H and O–H groups in total. The highest BCUT2D eigenvalue weighted by Gasteiger charge is 2.32. The van der Waals surface area contributed by atoms with Crippen LogP contribution in [0.15, 0.2) is 39.3 Å². The number of aliphatic hydroxyl groups is 1. The van der Waals surface area contributed by atoms with Gasteiger partial charge in [0.2, 0.25) is 0 Å². The van der Waals surface area contributed by atoms with Crippen molar-refractivity contribution < 1.29 is 19.2 Å². The summed E-state index contributed by atoms with van der Waals surface area (Å²) in [6, 6.07) is 3.61. The lowest BCUT2D eigenvalue weighted by Gasteiger charge is -2.22. The van der Waals surface area contributed by atoms with Crippen LogP contribution in [0.2, 0.25) is 0 Å². The molecule has 0 bridgehead atoms. The number of nitrogens with zero attached hydrogens (tertiary/aromatic N) is 1. The molecule has 1 aromatic rings. The number of aliphatic hydroxyl groups excluding tert-OH is 1. The Hall–Kier alpha value is -2.04. The van der Waals surface area contributed by atoms with Gasteiger partial charge >= 0.3 is 0 Å². The molecule has 5 heteroatoms. The number of Topliss-reactive ketones (excluding diaryl/α,β-unsaturated/α-hetero) is 1. The van der Waals surface area contributed by atoms with Crippen LogP contribution in [0.5, 0.6) is 0 Å². The first-order valence-corrected chi connectivity index (χ1v) is 6.85. The van der Waals surface area contributed by atoms with E-state index < -0.39 is 0 Å². The van der Waals surface area contributed by atoms with Crippen LogP contribution in [0, 0.1) is 0 Å². The minimum Gasteiger partial charge on any atom is -0.511 e. The van der Waals surface area contributed by atoms with Crippen molar-refractivity contribution in [3.8, 4) is 0 Å². The maximum absolute atomic E-state index is 12.3. The first-order chi connectivity index (χ1) is 9.67. The molecule has 0 aliphatic heterocycles. The van der Waals surface area contributed by atoms with Crippen LogP contribution in [-0.2, 0) is 9.63 Å². The van der Waals surface area contributed by atoms with Gasteiger partial charge in [0.15, 0.2) is 5.78 Å². The minimum atomic E-state index is -0.115. The first kappa shape index (κ1) is 14.4. The number of hydrogen-bond acceptors (Lipinski definition) is 5. The van der Waals surface area contributed by atoms with Crippen LogP contribution in [0.3, 0.4) is 0 Å². The van der Waals surface area contributed by atoms with Crippen LogP contribution < -0.4 is 0 Å². The van der Waals surface area contributed by atoms with Gasteiger partial charge in [-0.1, -0.05) is 12.1 Å². The zero-order chi connectivity index (χ0) is 14.5. The van der Waals surface area contributed by atoms with Gasteiger partial charge in [-0.25, -0.2) is 0 Å². The van der Waals surface area contributed by atoms with Crippen LogP contribution in [0.25, 0.3) is 0 Å². The van der Waals surface area contributed by atoms with Crippen molar-refractivity contribution in [1.29, 1.82) is 0 Å². The second-order valence-corrected chi connectivity index (χ2v) is 4.67. The monoisotopic (exact) mass is 277 g/mol. The van der Waals surface area contributed by atoms with Crippen molar-refractivity contribution in [2.24, 2.45) is 5.16 Å². The second kappa shape index (κ2) is 6.41. The van der Waals surface area contributed by atoms with E-state index in [0.29, 0.717) is 37.2 Å². The fraction of sp³-hybridized carbons (Fsp3) is 0.467. The van der Waals surface area contributed by atoms with E-state index in [-0.39, 0.29) is 17.5 Å². The summed E-state index contributed by atoms with van der Waals surface area (Å²) in [5.74, 6) is 0.577. The SMILES string of the molecule is CCO/N=C(\CC)C1=C(O)CC(c2ccco2)CC1=O. The predicted octanol–water partition coefficient (Wildman–Crippen LogP) is 3.34. The van der Waals surface area contributed by atoms with E-state index in [1.165, 1.54) is 0 Å². The molecule has 1 aromatic heterocycles. The van der Waals surface area contributed by atoms with Crippen molar-refractivity contribution in [3.05, 3.63) is 35.5 Å². The second-order valence-electron chi connectivity index (χ2n) is 4.67. The Morgan fingerprint density at radius 1 is 1.50 bits per heavy atom. The fourth-order valence-electron chi connectivity index (χ4n) is 2.38. The van der Waals surface area contributed by atoms with E-state index in [1.807, 2.05) is 19.9 Å². The molecule has 0 saturated heterocycles. The van der Waals surface area contributed by atoms with Gasteiger partial charge in [0, 0.05) is 18.8 Å². The summed E-state index contributed by atoms with van der Waals surface area (Å²) in [5, 5.41) is 14.1. The number of oxime groups is 1. The Bertz CT molecular complexity index is 528. The number of carbonyl (C=O) groups is 1. The highest BCUT2D eigenvalue weighted by Crippen LogP contribution is 2.34. The van der Waals surface area contributed by atoms with Gasteiger partial charge in [-0.05, 0) is 25.5 Å². The molecule has 1 aliphatic carbocycles. The highest BCUT2D eigenvalue weighted by molar-refractivity contribution is 6.23. The molecular weight excluding hydrogens is 258 g/mol. The Morgan fingerprint density at radius 2 is 2.30 bits per heavy atom. The summed E-state index contributed by atoms with van der Waals surface area (Å²) in [6.45, 7) is 4.13. The number of allylic oxidation sites excluding steroid dienone is 2. The summed E-state index contributed by atoms with van der Waals surface area (Å²) >= 11 is 0. The van der Waals surface area contributed by atoms with E-state index in [2.05, 4.69) is 5.16 Å². The van der Waals surface area contributed by atoms with Crippen molar-refractivity contribution in [2.75, 3.05) is 6.61 Å². The Morgan fingerprint density at radius 3 is 2.85 bits per heavy atom. The molecule has 1 heterocycles. The Balaban J connectivity index is 2.26. The van der Waals surface area contributed by atoms with Gasteiger partial charge in [0.1, 0.15) is 18.1 Å². The van der Waals surface area contributed by atoms with Crippen LogP contribution in [-0.4, -0.2) is 23.2 Å². The van der Waals surface area contributed by atoms with Gasteiger partial charge in [0.05, 0.1) is 17.5 Å². The lowest BCUT2D eigenvalue weighted by Crippen LogP contribution is -2.23. The molecule has 0 spiro atoms. The van der Waals surface area contributed by atoms with E-state index in [0.717, 1.165) is 5.76 Å². The normalized spacial score (nSPS) is 20.4. The molecule has 0 fully saturated rings. The van der Waals surface area contributed by atoms with E-state index in [9.17, 15) is 9.90 Å². The maximum atomic E-state index is 12.3. The third-order valence-electron chi connectivity index (χ3n) is 3.31. The van der Waals surface area contributed by atoms with E-state index >= 15 is 0 Å². The average molecular weight is 277 g/mol. The molecular formula is C15H19NO4. The van der Waals surface area contributed by atoms with Crippen molar-refractivity contribution in [1.82, 2.24) is 0 Å². The van der Waals surface area contributed by atoms with Gasteiger partial charge in [-0.3, -0.25) is 4.79 Å². The van der Waals surface area contributed by atoms with Crippen molar-refractivity contribution >= 4 is 11.5 Å². The molecule has 0 radical (unpaired) electrons. The lowest BCUT2D eigenvalue weighted by atomic mass is 9.83. The molecule has 1 atom stereocenters. The van der Waals surface area contributed by atoms with E-state index in [1.54, 1.807) is 12.3 Å². The molecule has 0 amide bonds. The quantitative estimate of drug-likeness (QED) is 0.661. The lowest BCUT2D eigenvalue weighted by molar-refractivity contribution is -0.116. The molecule has 5 nitrogen and oxygen atoms in total. The predicted molar refractivity (Wildman–Crippen MR) is 74.7 cm³/mol. The zero-order valence-corrected chi connectivity index (χ0v) is 11.8. The molecule has 1 aliphatic rings. The fourth-order valence-corrected chi connectivity index (χ4v) is 2.38. The smallest absolute Gasteiger partial charge is 0.168 e. The summed E-state index contributed by atoms with van der Waals surface area (Å²) in [4.78, 5) is 17.3. The number of furan rings is 1. The molecule has 0 saturated carbocycles. The molecule has 0 aromatic carbocycles. The van der Waals surface area contributed by atoms with Gasteiger partial charge in [-0.15, -0.1) is 0 Å². The Kier molecular flexibility index (Phi) is 4.61. The van der Waals surface area contributed by atoms with Crippen molar-refractivity contribution in [2.45, 2.75) is 39.0 Å². The number of ketones is 1. The number of rotatable bonds is 5. The summed E-state index contributed by atoms with van der Waals surface area (Å²) in [5.41, 5.74) is 0.816. The molecule has 2 rings (SSSR count). The number of carbonyl (C=O) groups excluding carboxylic acids is 1. The highest BCUT2D eigenvalue weighted by atomic mass is 16.6. The zero-order valence-electron chi connectivity index (χ0n) is 11.8. The average Bonchev–Trinajstić information content (AvgIpc) is 2.95. The van der Waals surface area contributed by atoms with Crippen molar-refractivity contribution in [3.63, 3.8) is 0 Å². The molecule has 108 valence electrons. The van der Waals surface area contributed by atoms with Crippen LogP contribution in [0.1, 0.15) is 44.8 Å². The molecule has 1 unspecified atom stereocenters.